The summed E-state index contributed by atoms with van der Waals surface area (Å²) in [5.74, 6) is 0.434. The molecule has 3 rings (SSSR count). The van der Waals surface area contributed by atoms with E-state index in [1.165, 1.54) is 13.2 Å². The largest absolute Gasteiger partial charge is 0.497 e. The Bertz CT molecular complexity index is 1200. The fourth-order valence-electron chi connectivity index (χ4n) is 3.54. The van der Waals surface area contributed by atoms with Crippen molar-refractivity contribution in [2.75, 3.05) is 46.2 Å². The number of likely N-dealkylation sites (N-methyl/N-ethyl adjacent to an activating group) is 1. The molecule has 188 valence electrons. The minimum Gasteiger partial charge on any atom is -0.497 e. The molecule has 1 amide bonds. The number of ether oxygens (including phenoxy) is 1. The van der Waals surface area contributed by atoms with E-state index in [1.807, 2.05) is 24.3 Å². The van der Waals surface area contributed by atoms with Crippen LogP contribution in [0.3, 0.4) is 0 Å². The molecule has 2 aromatic rings. The minimum atomic E-state index is -3.98. The first-order valence-corrected chi connectivity index (χ1v) is 12.7. The van der Waals surface area contributed by atoms with Gasteiger partial charge in [0.15, 0.2) is 9.84 Å². The summed E-state index contributed by atoms with van der Waals surface area (Å²) in [6.45, 7) is 2.28. The molecule has 0 radical (unpaired) electrons. The van der Waals surface area contributed by atoms with Crippen molar-refractivity contribution in [2.45, 2.75) is 17.7 Å². The molecule has 1 aliphatic heterocycles. The standard InChI is InChI=1S/C23H29N5O6S/c1-27(14-10-17-3-5-18(6-4-17)23-25-12-13-26-23)22(29)9-11-24-16-35(32,33)21-8-7-19(34-2)15-20(21)28(30)31/h3-8,15,24H,9-14,16H2,1-2H3,(H,25,26). The summed E-state index contributed by atoms with van der Waals surface area (Å²) in [5.41, 5.74) is 1.58. The Kier molecular flexibility index (Phi) is 8.77. The number of benzene rings is 2. The van der Waals surface area contributed by atoms with Crippen molar-refractivity contribution in [3.05, 3.63) is 63.7 Å². The number of amidine groups is 1. The smallest absolute Gasteiger partial charge is 0.291 e. The van der Waals surface area contributed by atoms with Gasteiger partial charge >= 0.3 is 0 Å². The van der Waals surface area contributed by atoms with Gasteiger partial charge in [0.1, 0.15) is 22.4 Å². The highest BCUT2D eigenvalue weighted by molar-refractivity contribution is 7.91. The van der Waals surface area contributed by atoms with Gasteiger partial charge in [-0.3, -0.25) is 19.9 Å². The van der Waals surface area contributed by atoms with Gasteiger partial charge in [-0.05, 0) is 24.1 Å². The summed E-state index contributed by atoms with van der Waals surface area (Å²) in [6.07, 6.45) is 0.784. The summed E-state index contributed by atoms with van der Waals surface area (Å²) >= 11 is 0. The fraction of sp³-hybridized carbons (Fsp3) is 0.391. The molecule has 0 bridgehead atoms. The highest BCUT2D eigenvalue weighted by atomic mass is 32.2. The van der Waals surface area contributed by atoms with Gasteiger partial charge < -0.3 is 20.3 Å². The van der Waals surface area contributed by atoms with Crippen molar-refractivity contribution in [1.82, 2.24) is 15.5 Å². The van der Waals surface area contributed by atoms with Crippen molar-refractivity contribution in [1.29, 1.82) is 0 Å². The van der Waals surface area contributed by atoms with Gasteiger partial charge in [-0.1, -0.05) is 24.3 Å². The van der Waals surface area contributed by atoms with E-state index in [4.69, 9.17) is 4.74 Å². The minimum absolute atomic E-state index is 0.0984. The van der Waals surface area contributed by atoms with E-state index in [-0.39, 0.29) is 24.6 Å². The summed E-state index contributed by atoms with van der Waals surface area (Å²) in [4.78, 5) is 28.5. The Morgan fingerprint density at radius 1 is 1.26 bits per heavy atom. The molecule has 0 saturated carbocycles. The van der Waals surface area contributed by atoms with Gasteiger partial charge in [-0.2, -0.15) is 0 Å². The molecular formula is C23H29N5O6S. The third kappa shape index (κ3) is 6.99. The number of aliphatic imine (C=N–C) groups is 1. The number of carbonyl (C=O) groups excluding carboxylic acids is 1. The molecule has 0 atom stereocenters. The third-order valence-corrected chi connectivity index (χ3v) is 7.17. The zero-order valence-corrected chi connectivity index (χ0v) is 20.5. The molecule has 12 heteroatoms. The number of nitro benzene ring substituents is 1. The fourth-order valence-corrected chi connectivity index (χ4v) is 4.84. The van der Waals surface area contributed by atoms with E-state index >= 15 is 0 Å². The monoisotopic (exact) mass is 503 g/mol. The lowest BCUT2D eigenvalue weighted by atomic mass is 10.1. The van der Waals surface area contributed by atoms with E-state index in [0.717, 1.165) is 42.2 Å². The molecule has 1 aliphatic rings. The first-order chi connectivity index (χ1) is 16.7. The highest BCUT2D eigenvalue weighted by Crippen LogP contribution is 2.28. The van der Waals surface area contributed by atoms with Crippen molar-refractivity contribution in [2.24, 2.45) is 4.99 Å². The van der Waals surface area contributed by atoms with E-state index in [0.29, 0.717) is 13.0 Å². The average Bonchev–Trinajstić information content (AvgIpc) is 3.40. The Morgan fingerprint density at radius 3 is 2.63 bits per heavy atom. The molecule has 1 heterocycles. The van der Waals surface area contributed by atoms with Crippen molar-refractivity contribution < 1.29 is 22.9 Å². The number of rotatable bonds is 12. The second-order valence-electron chi connectivity index (χ2n) is 8.02. The van der Waals surface area contributed by atoms with E-state index < -0.39 is 31.2 Å². The summed E-state index contributed by atoms with van der Waals surface area (Å²) < 4.78 is 30.1. The zero-order valence-electron chi connectivity index (χ0n) is 19.7. The van der Waals surface area contributed by atoms with Gasteiger partial charge in [0, 0.05) is 38.7 Å². The second kappa shape index (κ2) is 11.8. The van der Waals surface area contributed by atoms with Crippen molar-refractivity contribution >= 4 is 27.3 Å². The molecule has 0 aliphatic carbocycles. The lowest BCUT2D eigenvalue weighted by molar-refractivity contribution is -0.387. The van der Waals surface area contributed by atoms with Gasteiger partial charge in [-0.25, -0.2) is 8.42 Å². The van der Waals surface area contributed by atoms with Crippen LogP contribution in [0.25, 0.3) is 0 Å². The SMILES string of the molecule is COc1ccc(S(=O)(=O)CNCCC(=O)N(C)CCc2ccc(C3=NCCN3)cc2)c([N+](=O)[O-])c1. The number of hydrogen-bond donors (Lipinski definition) is 2. The molecule has 0 saturated heterocycles. The van der Waals surface area contributed by atoms with Crippen LogP contribution in [0.15, 0.2) is 52.4 Å². The van der Waals surface area contributed by atoms with E-state index in [1.54, 1.807) is 11.9 Å². The normalized spacial score (nSPS) is 13.1. The first kappa shape index (κ1) is 26.1. The summed E-state index contributed by atoms with van der Waals surface area (Å²) in [7, 11) is -0.945. The Morgan fingerprint density at radius 2 is 2.00 bits per heavy atom. The maximum atomic E-state index is 12.6. The molecule has 0 unspecified atom stereocenters. The van der Waals surface area contributed by atoms with Gasteiger partial charge in [0.2, 0.25) is 5.91 Å². The molecule has 2 N–H and O–H groups in total. The number of nitrogens with zero attached hydrogens (tertiary/aromatic N) is 3. The topological polar surface area (TPSA) is 143 Å². The van der Waals surface area contributed by atoms with E-state index in [2.05, 4.69) is 15.6 Å². The number of hydrogen-bond acceptors (Lipinski definition) is 9. The first-order valence-electron chi connectivity index (χ1n) is 11.1. The number of sulfone groups is 1. The number of nitrogens with one attached hydrogen (secondary N) is 2. The van der Waals surface area contributed by atoms with Crippen LogP contribution in [0.1, 0.15) is 17.5 Å². The maximum absolute atomic E-state index is 12.6. The van der Waals surface area contributed by atoms with Crippen LogP contribution in [0.5, 0.6) is 5.75 Å². The third-order valence-electron chi connectivity index (χ3n) is 5.57. The average molecular weight is 504 g/mol. The molecule has 0 spiro atoms. The van der Waals surface area contributed by atoms with Crippen LogP contribution in [-0.4, -0.2) is 76.2 Å². The number of carbonyl (C=O) groups is 1. The van der Waals surface area contributed by atoms with Crippen LogP contribution >= 0.6 is 0 Å². The van der Waals surface area contributed by atoms with Gasteiger partial charge in [-0.15, -0.1) is 0 Å². The number of methoxy groups -OCH3 is 1. The second-order valence-corrected chi connectivity index (χ2v) is 9.98. The molecule has 0 fully saturated rings. The van der Waals surface area contributed by atoms with Gasteiger partial charge in [0.25, 0.3) is 5.69 Å². The molecule has 2 aromatic carbocycles. The lowest BCUT2D eigenvalue weighted by Crippen LogP contribution is -2.33. The number of nitro groups is 1. The maximum Gasteiger partial charge on any atom is 0.291 e. The van der Waals surface area contributed by atoms with Crippen LogP contribution in [0.2, 0.25) is 0 Å². The van der Waals surface area contributed by atoms with Crippen LogP contribution in [-0.2, 0) is 21.1 Å². The Labute approximate surface area is 204 Å². The van der Waals surface area contributed by atoms with Crippen molar-refractivity contribution in [3.63, 3.8) is 0 Å². The predicted molar refractivity (Wildman–Crippen MR) is 132 cm³/mol. The molecule has 11 nitrogen and oxygen atoms in total. The summed E-state index contributed by atoms with van der Waals surface area (Å²) in [5, 5.41) is 17.2. The Hall–Kier alpha value is -3.51. The molecular weight excluding hydrogens is 474 g/mol. The lowest BCUT2D eigenvalue weighted by Gasteiger charge is -2.17. The summed E-state index contributed by atoms with van der Waals surface area (Å²) in [6, 6.07) is 11.6. The van der Waals surface area contributed by atoms with Crippen LogP contribution in [0.4, 0.5) is 5.69 Å². The van der Waals surface area contributed by atoms with Crippen LogP contribution in [0, 0.1) is 10.1 Å². The zero-order chi connectivity index (χ0) is 25.4. The highest BCUT2D eigenvalue weighted by Gasteiger charge is 2.26. The molecule has 35 heavy (non-hydrogen) atoms. The quantitative estimate of drug-likeness (QED) is 0.251. The number of amides is 1. The predicted octanol–water partition coefficient (Wildman–Crippen LogP) is 1.37. The van der Waals surface area contributed by atoms with Gasteiger partial charge in [0.05, 0.1) is 24.6 Å². The van der Waals surface area contributed by atoms with Crippen LogP contribution < -0.4 is 15.4 Å². The van der Waals surface area contributed by atoms with Crippen molar-refractivity contribution in [3.8, 4) is 5.75 Å². The molecule has 0 aromatic heterocycles. The Balaban J connectivity index is 1.44. The van der Waals surface area contributed by atoms with E-state index in [9.17, 15) is 23.3 Å².